The minimum absolute atomic E-state index is 0.106. The van der Waals surface area contributed by atoms with Gasteiger partial charge in [-0.05, 0) is 18.2 Å². The zero-order chi connectivity index (χ0) is 16.8. The molecule has 3 heterocycles. The number of H-pyrrole nitrogens is 1. The number of fused-ring (bicyclic) bond motifs is 2. The van der Waals surface area contributed by atoms with Gasteiger partial charge in [-0.3, -0.25) is 4.79 Å². The number of imidazole rings is 2. The quantitative estimate of drug-likeness (QED) is 0.621. The summed E-state index contributed by atoms with van der Waals surface area (Å²) in [6.07, 6.45) is 5.27. The lowest BCUT2D eigenvalue weighted by atomic mass is 10.3. The molecule has 0 aliphatic heterocycles. The Hall–Kier alpha value is -2.80. The number of halogens is 1. The van der Waals surface area contributed by atoms with Gasteiger partial charge in [-0.1, -0.05) is 11.6 Å². The van der Waals surface area contributed by atoms with E-state index in [1.165, 1.54) is 0 Å². The number of nitrogens with one attached hydrogen (secondary N) is 1. The molecule has 4 aromatic rings. The molecule has 0 saturated carbocycles. The molecule has 0 unspecified atom stereocenters. The number of rotatable bonds is 3. The molecule has 0 bridgehead atoms. The SMILES string of the molecule is CN(Cc1nc2ccc(Cl)cc2[nH]1)C(=O)c1cnn2ccn(C)c12. The van der Waals surface area contributed by atoms with Crippen molar-refractivity contribution in [2.75, 3.05) is 7.05 Å². The fraction of sp³-hybridized carbons (Fsp3) is 0.188. The summed E-state index contributed by atoms with van der Waals surface area (Å²) in [5, 5.41) is 4.85. The molecule has 0 aliphatic rings. The molecule has 1 aromatic carbocycles. The highest BCUT2D eigenvalue weighted by Crippen LogP contribution is 2.18. The van der Waals surface area contributed by atoms with Gasteiger partial charge in [-0.2, -0.15) is 5.10 Å². The van der Waals surface area contributed by atoms with Crippen LogP contribution in [0.3, 0.4) is 0 Å². The van der Waals surface area contributed by atoms with E-state index in [4.69, 9.17) is 11.6 Å². The lowest BCUT2D eigenvalue weighted by Gasteiger charge is -2.14. The summed E-state index contributed by atoms with van der Waals surface area (Å²) >= 11 is 5.99. The third-order valence-electron chi connectivity index (χ3n) is 3.99. The maximum Gasteiger partial charge on any atom is 0.259 e. The number of hydrogen-bond acceptors (Lipinski definition) is 3. The van der Waals surface area contributed by atoms with Gasteiger partial charge in [0.05, 0.1) is 23.8 Å². The van der Waals surface area contributed by atoms with E-state index in [1.807, 2.05) is 36.1 Å². The van der Waals surface area contributed by atoms with Gasteiger partial charge in [0.2, 0.25) is 0 Å². The first kappa shape index (κ1) is 14.8. The van der Waals surface area contributed by atoms with Gasteiger partial charge in [-0.15, -0.1) is 0 Å². The number of carbonyl (C=O) groups excluding carboxylic acids is 1. The minimum Gasteiger partial charge on any atom is -0.340 e. The molecule has 7 nitrogen and oxygen atoms in total. The molecule has 0 fully saturated rings. The lowest BCUT2D eigenvalue weighted by molar-refractivity contribution is 0.0783. The van der Waals surface area contributed by atoms with Crippen LogP contribution in [-0.4, -0.2) is 42.0 Å². The zero-order valence-corrected chi connectivity index (χ0v) is 13.9. The van der Waals surface area contributed by atoms with Crippen molar-refractivity contribution in [3.63, 3.8) is 0 Å². The predicted octanol–water partition coefficient (Wildman–Crippen LogP) is 2.47. The molecule has 122 valence electrons. The van der Waals surface area contributed by atoms with Crippen LogP contribution in [0.4, 0.5) is 0 Å². The van der Waals surface area contributed by atoms with Crippen LogP contribution in [-0.2, 0) is 13.6 Å². The van der Waals surface area contributed by atoms with Gasteiger partial charge in [0.25, 0.3) is 5.91 Å². The van der Waals surface area contributed by atoms with Crippen LogP contribution in [0.25, 0.3) is 16.7 Å². The number of hydrogen-bond donors (Lipinski definition) is 1. The van der Waals surface area contributed by atoms with E-state index in [1.54, 1.807) is 28.7 Å². The van der Waals surface area contributed by atoms with Crippen molar-refractivity contribution in [3.05, 3.63) is 53.2 Å². The van der Waals surface area contributed by atoms with Crippen LogP contribution in [0.1, 0.15) is 16.2 Å². The van der Waals surface area contributed by atoms with E-state index in [-0.39, 0.29) is 5.91 Å². The normalized spacial score (nSPS) is 11.5. The fourth-order valence-corrected chi connectivity index (χ4v) is 2.98. The van der Waals surface area contributed by atoms with Crippen LogP contribution in [0.2, 0.25) is 5.02 Å². The molecule has 1 N–H and O–H groups in total. The van der Waals surface area contributed by atoms with Crippen molar-refractivity contribution in [1.82, 2.24) is 29.0 Å². The Bertz CT molecular complexity index is 1060. The Morgan fingerprint density at radius 3 is 3.04 bits per heavy atom. The number of carbonyl (C=O) groups is 1. The standard InChI is InChI=1S/C16H15ClN6O/c1-21-5-6-23-15(21)11(8-18-23)16(24)22(2)9-14-19-12-4-3-10(17)7-13(12)20-14/h3-8H,9H2,1-2H3,(H,19,20). The molecule has 0 saturated heterocycles. The summed E-state index contributed by atoms with van der Waals surface area (Å²) < 4.78 is 3.56. The Morgan fingerprint density at radius 2 is 2.21 bits per heavy atom. The minimum atomic E-state index is -0.106. The van der Waals surface area contributed by atoms with Gasteiger partial charge < -0.3 is 14.5 Å². The average Bonchev–Trinajstić information content (AvgIpc) is 3.22. The first-order valence-corrected chi connectivity index (χ1v) is 7.79. The lowest BCUT2D eigenvalue weighted by Crippen LogP contribution is -2.26. The highest BCUT2D eigenvalue weighted by Gasteiger charge is 2.20. The summed E-state index contributed by atoms with van der Waals surface area (Å²) in [4.78, 5) is 22.0. The topological polar surface area (TPSA) is 71.2 Å². The van der Waals surface area contributed by atoms with Gasteiger partial charge in [0, 0.05) is 31.5 Å². The van der Waals surface area contributed by atoms with Crippen molar-refractivity contribution in [2.24, 2.45) is 7.05 Å². The van der Waals surface area contributed by atoms with E-state index in [0.717, 1.165) is 16.7 Å². The second-order valence-electron chi connectivity index (χ2n) is 5.74. The fourth-order valence-electron chi connectivity index (χ4n) is 2.81. The maximum absolute atomic E-state index is 12.7. The first-order valence-electron chi connectivity index (χ1n) is 7.41. The zero-order valence-electron chi connectivity index (χ0n) is 13.2. The van der Waals surface area contributed by atoms with Gasteiger partial charge in [-0.25, -0.2) is 9.50 Å². The Balaban J connectivity index is 1.61. The summed E-state index contributed by atoms with van der Waals surface area (Å²) in [5.74, 6) is 0.601. The molecule has 4 rings (SSSR count). The second kappa shape index (κ2) is 5.38. The molecule has 1 amide bonds. The van der Waals surface area contributed by atoms with Crippen molar-refractivity contribution in [3.8, 4) is 0 Å². The smallest absolute Gasteiger partial charge is 0.259 e. The molecule has 0 atom stereocenters. The number of amides is 1. The average molecular weight is 343 g/mol. The molecule has 0 aliphatic carbocycles. The highest BCUT2D eigenvalue weighted by molar-refractivity contribution is 6.31. The van der Waals surface area contributed by atoms with Crippen molar-refractivity contribution in [1.29, 1.82) is 0 Å². The van der Waals surface area contributed by atoms with Crippen LogP contribution < -0.4 is 0 Å². The molecule has 0 spiro atoms. The maximum atomic E-state index is 12.7. The second-order valence-corrected chi connectivity index (χ2v) is 6.18. The molecule has 24 heavy (non-hydrogen) atoms. The Kier molecular flexibility index (Phi) is 3.31. The summed E-state index contributed by atoms with van der Waals surface area (Å²) in [6.45, 7) is 0.368. The van der Waals surface area contributed by atoms with E-state index >= 15 is 0 Å². The van der Waals surface area contributed by atoms with Crippen LogP contribution in [0.5, 0.6) is 0 Å². The molecular formula is C16H15ClN6O. The van der Waals surface area contributed by atoms with Crippen molar-refractivity contribution < 1.29 is 4.79 Å². The monoisotopic (exact) mass is 342 g/mol. The number of aromatic nitrogens is 5. The van der Waals surface area contributed by atoms with Gasteiger partial charge >= 0.3 is 0 Å². The van der Waals surface area contributed by atoms with Gasteiger partial charge in [0.15, 0.2) is 0 Å². The number of nitrogens with zero attached hydrogens (tertiary/aromatic N) is 5. The molecule has 3 aromatic heterocycles. The number of aryl methyl sites for hydroxylation is 1. The number of aromatic amines is 1. The highest BCUT2D eigenvalue weighted by atomic mass is 35.5. The van der Waals surface area contributed by atoms with E-state index < -0.39 is 0 Å². The van der Waals surface area contributed by atoms with Crippen LogP contribution in [0, 0.1) is 0 Å². The van der Waals surface area contributed by atoms with E-state index in [0.29, 0.717) is 23.0 Å². The predicted molar refractivity (Wildman–Crippen MR) is 91.1 cm³/mol. The van der Waals surface area contributed by atoms with E-state index in [9.17, 15) is 4.79 Å². The summed E-state index contributed by atoms with van der Waals surface area (Å²) in [7, 11) is 3.63. The van der Waals surface area contributed by atoms with Crippen molar-refractivity contribution in [2.45, 2.75) is 6.54 Å². The molecule has 8 heteroatoms. The largest absolute Gasteiger partial charge is 0.340 e. The van der Waals surface area contributed by atoms with Crippen molar-refractivity contribution >= 4 is 34.2 Å². The summed E-state index contributed by atoms with van der Waals surface area (Å²) in [5.41, 5.74) is 3.01. The van der Waals surface area contributed by atoms with Crippen LogP contribution in [0.15, 0.2) is 36.8 Å². The first-order chi connectivity index (χ1) is 11.5. The Morgan fingerprint density at radius 1 is 1.38 bits per heavy atom. The molecule has 0 radical (unpaired) electrons. The van der Waals surface area contributed by atoms with E-state index in [2.05, 4.69) is 15.1 Å². The number of benzene rings is 1. The molecular weight excluding hydrogens is 328 g/mol. The van der Waals surface area contributed by atoms with Gasteiger partial charge in [0.1, 0.15) is 17.0 Å². The summed E-state index contributed by atoms with van der Waals surface area (Å²) in [6, 6.07) is 5.47. The van der Waals surface area contributed by atoms with Crippen LogP contribution >= 0.6 is 11.6 Å². The Labute approximate surface area is 142 Å². The third-order valence-corrected chi connectivity index (χ3v) is 4.23. The third kappa shape index (κ3) is 2.33.